The Morgan fingerprint density at radius 3 is 2.50 bits per heavy atom. The van der Waals surface area contributed by atoms with Crippen LogP contribution in [0.15, 0.2) is 0 Å². The van der Waals surface area contributed by atoms with E-state index in [1.54, 1.807) is 0 Å². The standard InChI is InChI=1S/C10H21N2O.K/c1-12(10-4-5-10)7-3-9-13-8-2-6-11;/h10H,1-9,11H2;/q-1;+1. The molecule has 0 aromatic rings. The molecule has 0 aromatic heterocycles. The van der Waals surface area contributed by atoms with Gasteiger partial charge in [0, 0.05) is 13.2 Å². The third kappa shape index (κ3) is 7.76. The molecule has 1 fully saturated rings. The molecule has 0 bridgehead atoms. The molecule has 0 radical (unpaired) electrons. The Kier molecular flexibility index (Phi) is 10.8. The van der Waals surface area contributed by atoms with E-state index in [4.69, 9.17) is 10.5 Å². The van der Waals surface area contributed by atoms with Crippen LogP contribution in [0.3, 0.4) is 0 Å². The molecule has 0 spiro atoms. The van der Waals surface area contributed by atoms with Crippen LogP contribution in [0.5, 0.6) is 0 Å². The molecule has 0 aromatic carbocycles. The Hall–Kier alpha value is 1.52. The quantitative estimate of drug-likeness (QED) is 0.294. The number of nitrogens with two attached hydrogens (primary N) is 1. The minimum absolute atomic E-state index is 0. The number of rotatable bonds is 8. The third-order valence-electron chi connectivity index (χ3n) is 2.29. The SMILES string of the molecule is [CH2-]N(CCCOCCCN)C1CC1.[K+]. The average molecular weight is 224 g/mol. The molecule has 1 saturated carbocycles. The molecule has 14 heavy (non-hydrogen) atoms. The summed E-state index contributed by atoms with van der Waals surface area (Å²) in [7, 11) is 3.99. The van der Waals surface area contributed by atoms with E-state index in [1.165, 1.54) is 12.8 Å². The molecule has 0 amide bonds. The topological polar surface area (TPSA) is 38.5 Å². The van der Waals surface area contributed by atoms with Crippen LogP contribution >= 0.6 is 0 Å². The van der Waals surface area contributed by atoms with Gasteiger partial charge in [-0.25, -0.2) is 0 Å². The van der Waals surface area contributed by atoms with Gasteiger partial charge in [0.2, 0.25) is 0 Å². The van der Waals surface area contributed by atoms with Crippen molar-refractivity contribution >= 4 is 0 Å². The van der Waals surface area contributed by atoms with E-state index < -0.39 is 0 Å². The maximum atomic E-state index is 5.39. The monoisotopic (exact) mass is 224 g/mol. The molecular weight excluding hydrogens is 203 g/mol. The Balaban J connectivity index is 0.00000169. The van der Waals surface area contributed by atoms with Crippen molar-refractivity contribution in [2.24, 2.45) is 5.73 Å². The summed E-state index contributed by atoms with van der Waals surface area (Å²) in [5.41, 5.74) is 5.34. The van der Waals surface area contributed by atoms with Gasteiger partial charge < -0.3 is 15.4 Å². The van der Waals surface area contributed by atoms with Gasteiger partial charge in [-0.3, -0.25) is 7.05 Å². The van der Waals surface area contributed by atoms with Gasteiger partial charge in [-0.1, -0.05) is 0 Å². The van der Waals surface area contributed by atoms with Crippen molar-refractivity contribution < 1.29 is 56.1 Å². The molecule has 0 atom stereocenters. The van der Waals surface area contributed by atoms with Crippen LogP contribution in [0.2, 0.25) is 0 Å². The van der Waals surface area contributed by atoms with E-state index in [2.05, 4.69) is 11.9 Å². The van der Waals surface area contributed by atoms with Gasteiger partial charge in [0.1, 0.15) is 0 Å². The smallest absolute Gasteiger partial charge is 0.457 e. The van der Waals surface area contributed by atoms with Crippen molar-refractivity contribution in [3.8, 4) is 0 Å². The van der Waals surface area contributed by atoms with E-state index in [0.717, 1.165) is 45.2 Å². The molecule has 3 nitrogen and oxygen atoms in total. The van der Waals surface area contributed by atoms with Gasteiger partial charge in [0.15, 0.2) is 0 Å². The summed E-state index contributed by atoms with van der Waals surface area (Å²) in [6, 6.07) is 0.768. The van der Waals surface area contributed by atoms with E-state index in [9.17, 15) is 0 Å². The van der Waals surface area contributed by atoms with E-state index in [-0.39, 0.29) is 51.4 Å². The maximum Gasteiger partial charge on any atom is 1.00 e. The zero-order chi connectivity index (χ0) is 9.52. The fourth-order valence-electron chi connectivity index (χ4n) is 1.28. The predicted molar refractivity (Wildman–Crippen MR) is 54.2 cm³/mol. The molecule has 0 saturated heterocycles. The molecule has 0 heterocycles. The zero-order valence-electron chi connectivity index (χ0n) is 9.37. The van der Waals surface area contributed by atoms with Gasteiger partial charge in [0.25, 0.3) is 0 Å². The van der Waals surface area contributed by atoms with Crippen LogP contribution in [-0.4, -0.2) is 37.2 Å². The van der Waals surface area contributed by atoms with Crippen LogP contribution < -0.4 is 57.1 Å². The van der Waals surface area contributed by atoms with Crippen molar-refractivity contribution in [2.45, 2.75) is 31.7 Å². The Morgan fingerprint density at radius 2 is 1.93 bits per heavy atom. The summed E-state index contributed by atoms with van der Waals surface area (Å²) in [6.07, 6.45) is 4.72. The number of nitrogens with zero attached hydrogens (tertiary/aromatic N) is 1. The second kappa shape index (κ2) is 9.72. The summed E-state index contributed by atoms with van der Waals surface area (Å²) >= 11 is 0. The number of ether oxygens (including phenoxy) is 1. The average Bonchev–Trinajstić information content (AvgIpc) is 2.93. The van der Waals surface area contributed by atoms with Crippen molar-refractivity contribution in [1.29, 1.82) is 0 Å². The fourth-order valence-corrected chi connectivity index (χ4v) is 1.28. The minimum Gasteiger partial charge on any atom is -0.457 e. The maximum absolute atomic E-state index is 5.39. The van der Waals surface area contributed by atoms with Crippen LogP contribution in [0, 0.1) is 7.05 Å². The first kappa shape index (κ1) is 15.5. The summed E-state index contributed by atoms with van der Waals surface area (Å²) in [4.78, 5) is 2.19. The van der Waals surface area contributed by atoms with Gasteiger partial charge in [-0.2, -0.15) is 0 Å². The second-order valence-corrected chi connectivity index (χ2v) is 3.65. The summed E-state index contributed by atoms with van der Waals surface area (Å²) in [6.45, 7) is 3.44. The molecule has 4 heteroatoms. The van der Waals surface area contributed by atoms with Crippen LogP contribution in [0.1, 0.15) is 25.7 Å². The zero-order valence-corrected chi connectivity index (χ0v) is 12.5. The largest absolute Gasteiger partial charge is 1.00 e. The molecular formula is C10H21KN2O. The number of hydrogen-bond donors (Lipinski definition) is 1. The van der Waals surface area contributed by atoms with Gasteiger partial charge in [-0.15, -0.1) is 0 Å². The van der Waals surface area contributed by atoms with Crippen molar-refractivity contribution in [3.63, 3.8) is 0 Å². The van der Waals surface area contributed by atoms with Crippen molar-refractivity contribution in [2.75, 3.05) is 26.3 Å². The molecule has 0 aliphatic heterocycles. The van der Waals surface area contributed by atoms with Crippen LogP contribution in [0.4, 0.5) is 0 Å². The fraction of sp³-hybridized carbons (Fsp3) is 0.900. The Bertz CT molecular complexity index is 131. The van der Waals surface area contributed by atoms with E-state index >= 15 is 0 Å². The van der Waals surface area contributed by atoms with Crippen LogP contribution in [0.25, 0.3) is 0 Å². The minimum atomic E-state index is 0. The summed E-state index contributed by atoms with van der Waals surface area (Å²) in [5, 5.41) is 0. The molecule has 2 N–H and O–H groups in total. The van der Waals surface area contributed by atoms with Gasteiger partial charge in [0.05, 0.1) is 0 Å². The normalized spacial score (nSPS) is 15.6. The van der Waals surface area contributed by atoms with Crippen LogP contribution in [-0.2, 0) is 4.74 Å². The van der Waals surface area contributed by atoms with E-state index in [1.807, 2.05) is 0 Å². The van der Waals surface area contributed by atoms with Gasteiger partial charge in [-0.05, 0) is 44.8 Å². The molecule has 78 valence electrons. The first-order valence-electron chi connectivity index (χ1n) is 5.19. The molecule has 1 rings (SSSR count). The molecule has 1 aliphatic rings. The molecule has 1 aliphatic carbocycles. The Morgan fingerprint density at radius 1 is 1.29 bits per heavy atom. The first-order valence-corrected chi connectivity index (χ1v) is 5.19. The Labute approximate surface area is 130 Å². The molecule has 0 unspecified atom stereocenters. The van der Waals surface area contributed by atoms with Crippen molar-refractivity contribution in [3.05, 3.63) is 7.05 Å². The number of hydrogen-bond acceptors (Lipinski definition) is 3. The van der Waals surface area contributed by atoms with Gasteiger partial charge >= 0.3 is 51.4 Å². The summed E-state index contributed by atoms with van der Waals surface area (Å²) < 4.78 is 5.39. The summed E-state index contributed by atoms with van der Waals surface area (Å²) in [5.74, 6) is 0. The first-order chi connectivity index (χ1) is 6.34. The third-order valence-corrected chi connectivity index (χ3v) is 2.29. The van der Waals surface area contributed by atoms with Crippen molar-refractivity contribution in [1.82, 2.24) is 4.90 Å². The van der Waals surface area contributed by atoms with E-state index in [0.29, 0.717) is 0 Å². The predicted octanol–water partition coefficient (Wildman–Crippen LogP) is -2.00. The second-order valence-electron chi connectivity index (χ2n) is 3.65.